The molecule has 0 spiro atoms. The first-order chi connectivity index (χ1) is 17.2. The van der Waals surface area contributed by atoms with Crippen molar-refractivity contribution in [1.82, 2.24) is 30.1 Å². The van der Waals surface area contributed by atoms with Crippen LogP contribution in [0.5, 0.6) is 0 Å². The molecule has 2 fully saturated rings. The maximum Gasteiger partial charge on any atom is 0.414 e. The minimum Gasteiger partial charge on any atom is -0.473 e. The molecule has 0 bridgehead atoms. The highest BCUT2D eigenvalue weighted by Gasteiger charge is 2.24. The molecule has 12 nitrogen and oxygen atoms in total. The van der Waals surface area contributed by atoms with Gasteiger partial charge in [-0.2, -0.15) is 9.97 Å². The van der Waals surface area contributed by atoms with Gasteiger partial charge in [0.25, 0.3) is 0 Å². The molecule has 4 heterocycles. The molecule has 0 aliphatic carbocycles. The summed E-state index contributed by atoms with van der Waals surface area (Å²) in [6.07, 6.45) is 8.58. The van der Waals surface area contributed by atoms with Gasteiger partial charge >= 0.3 is 11.9 Å². The zero-order valence-corrected chi connectivity index (χ0v) is 21.9. The van der Waals surface area contributed by atoms with Crippen LogP contribution in [0.3, 0.4) is 0 Å². The fourth-order valence-corrected chi connectivity index (χ4v) is 4.03. The fraction of sp³-hybridized carbons (Fsp3) is 0.750. The molecule has 4 rings (SSSR count). The molecule has 0 radical (unpaired) electrons. The predicted molar refractivity (Wildman–Crippen MR) is 131 cm³/mol. The van der Waals surface area contributed by atoms with E-state index in [-0.39, 0.29) is 0 Å². The van der Waals surface area contributed by atoms with Crippen molar-refractivity contribution >= 4 is 11.9 Å². The van der Waals surface area contributed by atoms with Crippen molar-refractivity contribution in [2.24, 2.45) is 0 Å². The van der Waals surface area contributed by atoms with E-state index in [1.54, 1.807) is 0 Å². The molecular weight excluding hydrogens is 468 g/mol. The van der Waals surface area contributed by atoms with E-state index in [9.17, 15) is 0 Å². The summed E-state index contributed by atoms with van der Waals surface area (Å²) in [5.74, 6) is 0.763. The lowest BCUT2D eigenvalue weighted by Gasteiger charge is -2.26. The van der Waals surface area contributed by atoms with Gasteiger partial charge in [0.15, 0.2) is 11.6 Å². The first-order valence-corrected chi connectivity index (χ1v) is 12.7. The van der Waals surface area contributed by atoms with Gasteiger partial charge in [0, 0.05) is 24.7 Å². The average molecular weight is 509 g/mol. The molecule has 12 heteroatoms. The Bertz CT molecular complexity index is 842. The summed E-state index contributed by atoms with van der Waals surface area (Å²) in [5.41, 5.74) is 0. The molecule has 2 N–H and O–H groups in total. The Hall–Kier alpha value is -2.86. The highest BCUT2D eigenvalue weighted by Crippen LogP contribution is 2.27. The number of aliphatic carboxylic acids is 2. The van der Waals surface area contributed by atoms with Crippen LogP contribution in [0.2, 0.25) is 0 Å². The third-order valence-corrected chi connectivity index (χ3v) is 6.23. The monoisotopic (exact) mass is 508 g/mol. The van der Waals surface area contributed by atoms with Gasteiger partial charge < -0.3 is 29.1 Å². The van der Waals surface area contributed by atoms with Crippen molar-refractivity contribution in [3.63, 3.8) is 0 Å². The van der Waals surface area contributed by atoms with Gasteiger partial charge in [0.2, 0.25) is 11.8 Å². The highest BCUT2D eigenvalue weighted by atomic mass is 16.5. The Labute approximate surface area is 212 Å². The average Bonchev–Trinajstić information content (AvgIpc) is 3.52. The molecule has 0 aromatic carbocycles. The van der Waals surface area contributed by atoms with E-state index in [1.807, 2.05) is 0 Å². The summed E-state index contributed by atoms with van der Waals surface area (Å²) in [5, 5.41) is 22.8. The number of aryl methyl sites for hydroxylation is 2. The Kier molecular flexibility index (Phi) is 12.5. The second-order valence-electron chi connectivity index (χ2n) is 9.36. The molecule has 2 aliphatic rings. The lowest BCUT2D eigenvalue weighted by Crippen LogP contribution is -2.29. The maximum absolute atomic E-state index is 9.10. The normalized spacial score (nSPS) is 17.6. The number of piperidine rings is 2. The molecule has 2 saturated heterocycles. The molecular formula is C24H40N6O6. The van der Waals surface area contributed by atoms with E-state index in [0.29, 0.717) is 11.8 Å². The molecule has 0 unspecified atom stereocenters. The van der Waals surface area contributed by atoms with Crippen LogP contribution in [-0.4, -0.2) is 92.5 Å². The zero-order valence-electron chi connectivity index (χ0n) is 21.9. The topological polar surface area (TPSA) is 159 Å². The van der Waals surface area contributed by atoms with E-state index < -0.39 is 11.9 Å². The van der Waals surface area contributed by atoms with Gasteiger partial charge in [0.05, 0.1) is 0 Å². The molecule has 202 valence electrons. The maximum atomic E-state index is 9.10. The van der Waals surface area contributed by atoms with Crippen molar-refractivity contribution in [2.45, 2.75) is 77.0 Å². The van der Waals surface area contributed by atoms with Gasteiger partial charge in [-0.3, -0.25) is 0 Å². The van der Waals surface area contributed by atoms with E-state index in [2.05, 4.69) is 58.0 Å². The van der Waals surface area contributed by atoms with E-state index >= 15 is 0 Å². The quantitative estimate of drug-likeness (QED) is 0.550. The molecule has 0 atom stereocenters. The zero-order chi connectivity index (χ0) is 26.5. The number of hydrogen-bond acceptors (Lipinski definition) is 10. The SMILES string of the molecule is CCCc1noc(C2CCN(C)CC2)n1.CCCc1noc(C2CCN(C)CC2)n1.O=C(O)C(=O)O. The summed E-state index contributed by atoms with van der Waals surface area (Å²) >= 11 is 0. The number of carboxylic acid groups (broad SMARTS) is 2. The minimum atomic E-state index is -1.82. The molecule has 2 aromatic heterocycles. The van der Waals surface area contributed by atoms with Gasteiger partial charge in [-0.05, 0) is 78.8 Å². The van der Waals surface area contributed by atoms with Crippen LogP contribution in [0, 0.1) is 0 Å². The first-order valence-electron chi connectivity index (χ1n) is 12.7. The second kappa shape index (κ2) is 15.3. The highest BCUT2D eigenvalue weighted by molar-refractivity contribution is 6.27. The largest absolute Gasteiger partial charge is 0.473 e. The van der Waals surface area contributed by atoms with Crippen LogP contribution in [-0.2, 0) is 22.4 Å². The lowest BCUT2D eigenvalue weighted by molar-refractivity contribution is -0.159. The Morgan fingerprint density at radius 3 is 1.36 bits per heavy atom. The molecule has 2 aliphatic heterocycles. The van der Waals surface area contributed by atoms with Gasteiger partial charge in [-0.1, -0.05) is 24.2 Å². The van der Waals surface area contributed by atoms with E-state index in [4.69, 9.17) is 28.8 Å². The van der Waals surface area contributed by atoms with Crippen molar-refractivity contribution < 1.29 is 28.8 Å². The molecule has 0 amide bonds. The summed E-state index contributed by atoms with van der Waals surface area (Å²) in [6.45, 7) is 8.80. The molecule has 36 heavy (non-hydrogen) atoms. The molecule has 0 saturated carbocycles. The van der Waals surface area contributed by atoms with Gasteiger partial charge in [-0.15, -0.1) is 0 Å². The van der Waals surface area contributed by atoms with Crippen LogP contribution >= 0.6 is 0 Å². The number of carboxylic acids is 2. The third-order valence-electron chi connectivity index (χ3n) is 6.23. The Morgan fingerprint density at radius 2 is 1.08 bits per heavy atom. The van der Waals surface area contributed by atoms with Crippen molar-refractivity contribution in [3.05, 3.63) is 23.4 Å². The van der Waals surface area contributed by atoms with Crippen LogP contribution in [0.4, 0.5) is 0 Å². The van der Waals surface area contributed by atoms with E-state index in [0.717, 1.165) is 101 Å². The second-order valence-corrected chi connectivity index (χ2v) is 9.36. The summed E-state index contributed by atoms with van der Waals surface area (Å²) in [6, 6.07) is 0. The van der Waals surface area contributed by atoms with Crippen LogP contribution in [0.15, 0.2) is 9.05 Å². The minimum absolute atomic E-state index is 0.485. The molecule has 2 aromatic rings. The lowest BCUT2D eigenvalue weighted by atomic mass is 9.97. The van der Waals surface area contributed by atoms with Crippen molar-refractivity contribution in [3.8, 4) is 0 Å². The number of carbonyl (C=O) groups is 2. The van der Waals surface area contributed by atoms with Crippen LogP contribution < -0.4 is 0 Å². The Balaban J connectivity index is 0.000000208. The number of aromatic nitrogens is 4. The first kappa shape index (κ1) is 29.4. The number of likely N-dealkylation sites (tertiary alicyclic amines) is 2. The number of rotatable bonds is 6. The fourth-order valence-electron chi connectivity index (χ4n) is 4.03. The van der Waals surface area contributed by atoms with Crippen molar-refractivity contribution in [1.29, 1.82) is 0 Å². The number of hydrogen-bond donors (Lipinski definition) is 2. The van der Waals surface area contributed by atoms with Gasteiger partial charge in [0.1, 0.15) is 0 Å². The third kappa shape index (κ3) is 10.0. The van der Waals surface area contributed by atoms with Crippen LogP contribution in [0.25, 0.3) is 0 Å². The smallest absolute Gasteiger partial charge is 0.414 e. The van der Waals surface area contributed by atoms with Crippen LogP contribution in [0.1, 0.15) is 87.6 Å². The van der Waals surface area contributed by atoms with E-state index in [1.165, 1.54) is 0 Å². The Morgan fingerprint density at radius 1 is 0.750 bits per heavy atom. The van der Waals surface area contributed by atoms with Crippen molar-refractivity contribution in [2.75, 3.05) is 40.3 Å². The predicted octanol–water partition coefficient (Wildman–Crippen LogP) is 2.82. The summed E-state index contributed by atoms with van der Waals surface area (Å²) in [4.78, 5) is 31.8. The van der Waals surface area contributed by atoms with Gasteiger partial charge in [-0.25, -0.2) is 9.59 Å². The summed E-state index contributed by atoms with van der Waals surface area (Å²) < 4.78 is 10.6. The summed E-state index contributed by atoms with van der Waals surface area (Å²) in [7, 11) is 4.32. The standard InChI is InChI=1S/2C11H19N3O.C2H2O4/c2*1-3-4-10-12-11(15-13-10)9-5-7-14(2)8-6-9;3-1(4)2(5)6/h2*9H,3-8H2,1-2H3;(H,3,4)(H,5,6). The number of nitrogens with zero attached hydrogens (tertiary/aromatic N) is 6.